The number of nitrogen functional groups attached to an aromatic ring is 1. The molecule has 0 atom stereocenters. The van der Waals surface area contributed by atoms with E-state index in [2.05, 4.69) is 0 Å². The Morgan fingerprint density at radius 1 is 1.44 bits per heavy atom. The van der Waals surface area contributed by atoms with Crippen molar-refractivity contribution in [2.75, 3.05) is 33.0 Å². The quantitative estimate of drug-likeness (QED) is 0.638. The van der Waals surface area contributed by atoms with E-state index in [1.807, 2.05) is 0 Å². The third-order valence-electron chi connectivity index (χ3n) is 2.50. The van der Waals surface area contributed by atoms with Crippen LogP contribution in [0.15, 0.2) is 23.1 Å². The van der Waals surface area contributed by atoms with Gasteiger partial charge in [-0.1, -0.05) is 11.6 Å². The Morgan fingerprint density at radius 3 is 2.67 bits per heavy atom. The molecule has 0 unspecified atom stereocenters. The SMILES string of the molecule is COCCCN(C)S(=O)(=O)c1ccc(N)c(Cl)c1. The van der Waals surface area contributed by atoms with Crippen LogP contribution in [0.4, 0.5) is 5.69 Å². The highest BCUT2D eigenvalue weighted by atomic mass is 35.5. The standard InChI is InChI=1S/C11H17ClN2O3S/c1-14(6-3-7-17-2)18(15,16)9-4-5-11(13)10(12)8-9/h4-5,8H,3,6-7,13H2,1-2H3. The van der Waals surface area contributed by atoms with Gasteiger partial charge in [-0.2, -0.15) is 0 Å². The molecule has 1 aromatic carbocycles. The number of benzene rings is 1. The Morgan fingerprint density at radius 2 is 2.11 bits per heavy atom. The lowest BCUT2D eigenvalue weighted by atomic mass is 10.3. The predicted octanol–water partition coefficient (Wildman–Crippen LogP) is 1.58. The van der Waals surface area contributed by atoms with Crippen molar-refractivity contribution in [2.45, 2.75) is 11.3 Å². The molecule has 0 aliphatic carbocycles. The van der Waals surface area contributed by atoms with Crippen LogP contribution in [-0.4, -0.2) is 40.0 Å². The molecule has 1 rings (SSSR count). The lowest BCUT2D eigenvalue weighted by Crippen LogP contribution is -2.28. The summed E-state index contributed by atoms with van der Waals surface area (Å²) in [6, 6.07) is 4.29. The lowest BCUT2D eigenvalue weighted by molar-refractivity contribution is 0.189. The van der Waals surface area contributed by atoms with Gasteiger partial charge in [-0.25, -0.2) is 12.7 Å². The molecular formula is C11H17ClN2O3S. The van der Waals surface area contributed by atoms with Gasteiger partial charge in [0.05, 0.1) is 15.6 Å². The number of anilines is 1. The highest BCUT2D eigenvalue weighted by Gasteiger charge is 2.20. The average molecular weight is 293 g/mol. The first-order chi connectivity index (χ1) is 8.39. The molecule has 18 heavy (non-hydrogen) atoms. The third kappa shape index (κ3) is 3.58. The van der Waals surface area contributed by atoms with Gasteiger partial charge in [-0.15, -0.1) is 0 Å². The van der Waals surface area contributed by atoms with E-state index in [4.69, 9.17) is 22.1 Å². The summed E-state index contributed by atoms with van der Waals surface area (Å²) < 4.78 is 30.5. The normalized spacial score (nSPS) is 12.0. The molecule has 0 saturated heterocycles. The van der Waals surface area contributed by atoms with Crippen molar-refractivity contribution in [3.63, 3.8) is 0 Å². The minimum absolute atomic E-state index is 0.140. The van der Waals surface area contributed by atoms with Crippen LogP contribution in [0.1, 0.15) is 6.42 Å². The van der Waals surface area contributed by atoms with E-state index >= 15 is 0 Å². The van der Waals surface area contributed by atoms with E-state index in [-0.39, 0.29) is 9.92 Å². The van der Waals surface area contributed by atoms with Crippen LogP contribution in [0.2, 0.25) is 5.02 Å². The first-order valence-corrected chi connectivity index (χ1v) is 7.21. The maximum atomic E-state index is 12.2. The Hall–Kier alpha value is -0.820. The van der Waals surface area contributed by atoms with Crippen molar-refractivity contribution < 1.29 is 13.2 Å². The van der Waals surface area contributed by atoms with Gasteiger partial charge in [0.1, 0.15) is 0 Å². The minimum Gasteiger partial charge on any atom is -0.398 e. The Bertz CT molecular complexity index is 505. The van der Waals surface area contributed by atoms with Crippen molar-refractivity contribution in [1.29, 1.82) is 0 Å². The number of rotatable bonds is 6. The van der Waals surface area contributed by atoms with E-state index in [1.54, 1.807) is 7.11 Å². The van der Waals surface area contributed by atoms with Crippen LogP contribution in [0, 0.1) is 0 Å². The smallest absolute Gasteiger partial charge is 0.242 e. The first-order valence-electron chi connectivity index (χ1n) is 5.40. The Balaban J connectivity index is 2.88. The highest BCUT2D eigenvalue weighted by molar-refractivity contribution is 7.89. The summed E-state index contributed by atoms with van der Waals surface area (Å²) in [6.45, 7) is 0.903. The summed E-state index contributed by atoms with van der Waals surface area (Å²) in [6.07, 6.45) is 0.634. The van der Waals surface area contributed by atoms with Gasteiger partial charge >= 0.3 is 0 Å². The van der Waals surface area contributed by atoms with Gasteiger partial charge in [-0.05, 0) is 24.6 Å². The van der Waals surface area contributed by atoms with E-state index < -0.39 is 10.0 Å². The van der Waals surface area contributed by atoms with Gasteiger partial charge in [0, 0.05) is 27.3 Å². The average Bonchev–Trinajstić information content (AvgIpc) is 2.32. The summed E-state index contributed by atoms with van der Waals surface area (Å²) in [4.78, 5) is 0.140. The first kappa shape index (κ1) is 15.2. The fourth-order valence-corrected chi connectivity index (χ4v) is 2.88. The minimum atomic E-state index is -3.52. The van der Waals surface area contributed by atoms with Gasteiger partial charge < -0.3 is 10.5 Å². The molecule has 0 saturated carbocycles. The summed E-state index contributed by atoms with van der Waals surface area (Å²) in [5, 5.41) is 0.237. The molecule has 0 aliphatic heterocycles. The fraction of sp³-hybridized carbons (Fsp3) is 0.455. The molecule has 7 heteroatoms. The zero-order chi connectivity index (χ0) is 13.8. The maximum Gasteiger partial charge on any atom is 0.242 e. The van der Waals surface area contributed by atoms with Crippen molar-refractivity contribution in [3.05, 3.63) is 23.2 Å². The summed E-state index contributed by atoms with van der Waals surface area (Å²) in [5.74, 6) is 0. The van der Waals surface area contributed by atoms with Crippen LogP contribution >= 0.6 is 11.6 Å². The Kier molecular flexibility index (Phi) is 5.40. The second-order valence-corrected chi connectivity index (χ2v) is 6.31. The van der Waals surface area contributed by atoms with E-state index in [0.29, 0.717) is 25.3 Å². The topological polar surface area (TPSA) is 72.6 Å². The van der Waals surface area contributed by atoms with Crippen molar-refractivity contribution in [1.82, 2.24) is 4.31 Å². The number of hydrogen-bond acceptors (Lipinski definition) is 4. The number of hydrogen-bond donors (Lipinski definition) is 1. The van der Waals surface area contributed by atoms with Gasteiger partial charge in [0.15, 0.2) is 0 Å². The van der Waals surface area contributed by atoms with E-state index in [0.717, 1.165) is 0 Å². The van der Waals surface area contributed by atoms with E-state index in [9.17, 15) is 8.42 Å². The van der Waals surface area contributed by atoms with Crippen molar-refractivity contribution in [3.8, 4) is 0 Å². The maximum absolute atomic E-state index is 12.2. The zero-order valence-electron chi connectivity index (χ0n) is 10.4. The second-order valence-electron chi connectivity index (χ2n) is 3.86. The molecule has 0 aliphatic rings. The summed E-state index contributed by atoms with van der Waals surface area (Å²) in [7, 11) is -0.420. The predicted molar refractivity (Wildman–Crippen MR) is 72.2 cm³/mol. The van der Waals surface area contributed by atoms with Gasteiger partial charge in [-0.3, -0.25) is 0 Å². The van der Waals surface area contributed by atoms with E-state index in [1.165, 1.54) is 29.6 Å². The molecule has 0 fully saturated rings. The van der Waals surface area contributed by atoms with Gasteiger partial charge in [0.2, 0.25) is 10.0 Å². The lowest BCUT2D eigenvalue weighted by Gasteiger charge is -2.17. The number of nitrogens with zero attached hydrogens (tertiary/aromatic N) is 1. The van der Waals surface area contributed by atoms with Gasteiger partial charge in [0.25, 0.3) is 0 Å². The molecule has 0 spiro atoms. The molecule has 5 nitrogen and oxygen atoms in total. The molecule has 2 N–H and O–H groups in total. The molecule has 0 aromatic heterocycles. The number of sulfonamides is 1. The molecule has 102 valence electrons. The zero-order valence-corrected chi connectivity index (χ0v) is 12.0. The van der Waals surface area contributed by atoms with Crippen LogP contribution in [0.3, 0.4) is 0 Å². The van der Waals surface area contributed by atoms with Crippen LogP contribution < -0.4 is 5.73 Å². The molecule has 0 heterocycles. The van der Waals surface area contributed by atoms with Crippen LogP contribution in [0.5, 0.6) is 0 Å². The third-order valence-corrected chi connectivity index (χ3v) is 4.68. The van der Waals surface area contributed by atoms with Crippen LogP contribution in [-0.2, 0) is 14.8 Å². The molecule has 0 radical (unpaired) electrons. The summed E-state index contributed by atoms with van der Waals surface area (Å²) in [5.41, 5.74) is 5.91. The largest absolute Gasteiger partial charge is 0.398 e. The van der Waals surface area contributed by atoms with Crippen LogP contribution in [0.25, 0.3) is 0 Å². The number of nitrogens with two attached hydrogens (primary N) is 1. The molecule has 1 aromatic rings. The van der Waals surface area contributed by atoms with Crippen molar-refractivity contribution >= 4 is 27.3 Å². The molecular weight excluding hydrogens is 276 g/mol. The number of halogens is 1. The highest BCUT2D eigenvalue weighted by Crippen LogP contribution is 2.24. The van der Waals surface area contributed by atoms with Crippen molar-refractivity contribution in [2.24, 2.45) is 0 Å². The Labute approximate surface area is 113 Å². The molecule has 0 amide bonds. The molecule has 0 bridgehead atoms. The number of ether oxygens (including phenoxy) is 1. The fourth-order valence-electron chi connectivity index (χ4n) is 1.40. The summed E-state index contributed by atoms with van der Waals surface area (Å²) >= 11 is 5.82. The number of methoxy groups -OCH3 is 1. The second kappa shape index (κ2) is 6.38. The monoisotopic (exact) mass is 292 g/mol.